The standard InChI is InChI=1S/C22H28N4O4/c1-13(23)10-14-6-8-25(9-7-14)12-15-2-3-16-17(11-15)22(30)26(21(16)29)18-4-5-19(27)24-20(18)28/h2-3,11,13-14,18H,4-10,12,23H2,1H3,(H,24,27,28). The molecule has 3 aliphatic heterocycles. The van der Waals surface area contributed by atoms with Crippen molar-refractivity contribution in [1.29, 1.82) is 0 Å². The molecule has 2 atom stereocenters. The quantitative estimate of drug-likeness (QED) is 0.699. The molecule has 0 spiro atoms. The van der Waals surface area contributed by atoms with Crippen LogP contribution in [0.5, 0.6) is 0 Å². The predicted octanol–water partition coefficient (Wildman–Crippen LogP) is 1.04. The Bertz CT molecular complexity index is 889. The van der Waals surface area contributed by atoms with E-state index in [1.165, 1.54) is 0 Å². The van der Waals surface area contributed by atoms with Crippen molar-refractivity contribution >= 4 is 23.6 Å². The van der Waals surface area contributed by atoms with Crippen molar-refractivity contribution in [3.05, 3.63) is 34.9 Å². The van der Waals surface area contributed by atoms with E-state index in [1.54, 1.807) is 12.1 Å². The maximum Gasteiger partial charge on any atom is 0.262 e. The summed E-state index contributed by atoms with van der Waals surface area (Å²) in [6.07, 6.45) is 3.58. The summed E-state index contributed by atoms with van der Waals surface area (Å²) < 4.78 is 0. The van der Waals surface area contributed by atoms with Crippen LogP contribution < -0.4 is 11.1 Å². The number of hydrogen-bond donors (Lipinski definition) is 2. The minimum atomic E-state index is -0.928. The summed E-state index contributed by atoms with van der Waals surface area (Å²) in [5, 5.41) is 2.22. The fourth-order valence-electron chi connectivity index (χ4n) is 4.78. The predicted molar refractivity (Wildman–Crippen MR) is 109 cm³/mol. The maximum absolute atomic E-state index is 12.9. The number of nitrogens with zero attached hydrogens (tertiary/aromatic N) is 2. The van der Waals surface area contributed by atoms with Crippen LogP contribution in [0.25, 0.3) is 0 Å². The van der Waals surface area contributed by atoms with E-state index in [9.17, 15) is 19.2 Å². The molecule has 0 aromatic heterocycles. The van der Waals surface area contributed by atoms with Crippen LogP contribution in [0.4, 0.5) is 0 Å². The van der Waals surface area contributed by atoms with Crippen molar-refractivity contribution in [3.63, 3.8) is 0 Å². The molecule has 3 aliphatic rings. The Kier molecular flexibility index (Phi) is 5.71. The number of carbonyl (C=O) groups excluding carboxylic acids is 4. The molecule has 0 saturated carbocycles. The largest absolute Gasteiger partial charge is 0.328 e. The highest BCUT2D eigenvalue weighted by Crippen LogP contribution is 2.29. The molecule has 3 heterocycles. The minimum Gasteiger partial charge on any atom is -0.328 e. The van der Waals surface area contributed by atoms with Crippen LogP contribution in [-0.2, 0) is 16.1 Å². The highest BCUT2D eigenvalue weighted by Gasteiger charge is 2.44. The molecule has 2 saturated heterocycles. The van der Waals surface area contributed by atoms with E-state index in [4.69, 9.17) is 5.73 Å². The number of nitrogens with one attached hydrogen (secondary N) is 1. The molecule has 3 N–H and O–H groups in total. The highest BCUT2D eigenvalue weighted by atomic mass is 16.2. The van der Waals surface area contributed by atoms with Gasteiger partial charge in [0.25, 0.3) is 11.8 Å². The van der Waals surface area contributed by atoms with E-state index >= 15 is 0 Å². The van der Waals surface area contributed by atoms with E-state index in [0.29, 0.717) is 17.0 Å². The van der Waals surface area contributed by atoms with Gasteiger partial charge in [-0.1, -0.05) is 6.07 Å². The lowest BCUT2D eigenvalue weighted by Crippen LogP contribution is -2.54. The second kappa shape index (κ2) is 8.28. The van der Waals surface area contributed by atoms with Crippen LogP contribution in [0, 0.1) is 5.92 Å². The van der Waals surface area contributed by atoms with Crippen LogP contribution in [0.1, 0.15) is 65.3 Å². The van der Waals surface area contributed by atoms with Gasteiger partial charge in [0.05, 0.1) is 11.1 Å². The Morgan fingerprint density at radius 3 is 2.43 bits per heavy atom. The average molecular weight is 412 g/mol. The first-order valence-electron chi connectivity index (χ1n) is 10.7. The monoisotopic (exact) mass is 412 g/mol. The summed E-state index contributed by atoms with van der Waals surface area (Å²) in [5.74, 6) is -1.22. The molecule has 0 radical (unpaired) electrons. The number of likely N-dealkylation sites (tertiary alicyclic amines) is 1. The Labute approximate surface area is 175 Å². The third-order valence-corrected chi connectivity index (χ3v) is 6.32. The van der Waals surface area contributed by atoms with Gasteiger partial charge < -0.3 is 5.73 Å². The summed E-state index contributed by atoms with van der Waals surface area (Å²) in [6.45, 7) is 4.75. The lowest BCUT2D eigenvalue weighted by atomic mass is 9.90. The SMILES string of the molecule is CC(N)CC1CCN(Cc2ccc3c(c2)C(=O)N(C2CCC(=O)NC2=O)C3=O)CC1. The molecule has 1 aromatic carbocycles. The van der Waals surface area contributed by atoms with Crippen LogP contribution in [0.2, 0.25) is 0 Å². The average Bonchev–Trinajstić information content (AvgIpc) is 2.94. The Morgan fingerprint density at radius 2 is 1.77 bits per heavy atom. The van der Waals surface area contributed by atoms with Crippen molar-refractivity contribution in [1.82, 2.24) is 15.1 Å². The Hall–Kier alpha value is -2.58. The van der Waals surface area contributed by atoms with Crippen molar-refractivity contribution in [2.45, 2.75) is 57.7 Å². The van der Waals surface area contributed by atoms with Gasteiger partial charge in [0.2, 0.25) is 11.8 Å². The van der Waals surface area contributed by atoms with Crippen molar-refractivity contribution < 1.29 is 19.2 Å². The summed E-state index contributed by atoms with van der Waals surface area (Å²) in [6, 6.07) is 4.64. The first-order valence-corrected chi connectivity index (χ1v) is 10.7. The third kappa shape index (κ3) is 4.02. The van der Waals surface area contributed by atoms with Gasteiger partial charge >= 0.3 is 0 Å². The van der Waals surface area contributed by atoms with Crippen LogP contribution in [0.3, 0.4) is 0 Å². The molecular formula is C22H28N4O4. The maximum atomic E-state index is 12.9. The smallest absolute Gasteiger partial charge is 0.262 e. The van der Waals surface area contributed by atoms with Crippen LogP contribution in [0.15, 0.2) is 18.2 Å². The molecule has 30 heavy (non-hydrogen) atoms. The second-order valence-corrected chi connectivity index (χ2v) is 8.76. The van der Waals surface area contributed by atoms with Gasteiger partial charge in [0.15, 0.2) is 0 Å². The lowest BCUT2D eigenvalue weighted by molar-refractivity contribution is -0.136. The summed E-state index contributed by atoms with van der Waals surface area (Å²) in [4.78, 5) is 52.6. The summed E-state index contributed by atoms with van der Waals surface area (Å²) >= 11 is 0. The molecule has 4 rings (SSSR count). The van der Waals surface area contributed by atoms with Gasteiger partial charge in [-0.3, -0.25) is 34.3 Å². The molecule has 0 aliphatic carbocycles. The molecule has 2 unspecified atom stereocenters. The van der Waals surface area contributed by atoms with Crippen molar-refractivity contribution in [3.8, 4) is 0 Å². The number of nitrogens with two attached hydrogens (primary N) is 1. The topological polar surface area (TPSA) is 113 Å². The Balaban J connectivity index is 1.44. The van der Waals surface area contributed by atoms with Gasteiger partial charge in [-0.15, -0.1) is 0 Å². The number of rotatable bonds is 5. The number of piperidine rings is 2. The van der Waals surface area contributed by atoms with Crippen LogP contribution >= 0.6 is 0 Å². The van der Waals surface area contributed by atoms with Crippen molar-refractivity contribution in [2.24, 2.45) is 11.7 Å². The first-order chi connectivity index (χ1) is 14.3. The molecule has 2 fully saturated rings. The Morgan fingerprint density at radius 1 is 1.07 bits per heavy atom. The number of amides is 4. The molecule has 0 bridgehead atoms. The fraction of sp³-hybridized carbons (Fsp3) is 0.545. The number of hydrogen-bond acceptors (Lipinski definition) is 6. The fourth-order valence-corrected chi connectivity index (χ4v) is 4.78. The zero-order valence-corrected chi connectivity index (χ0v) is 17.2. The molecular weight excluding hydrogens is 384 g/mol. The van der Waals surface area contributed by atoms with Crippen molar-refractivity contribution in [2.75, 3.05) is 13.1 Å². The normalized spacial score (nSPS) is 24.2. The van der Waals surface area contributed by atoms with Gasteiger partial charge in [-0.25, -0.2) is 0 Å². The highest BCUT2D eigenvalue weighted by molar-refractivity contribution is 6.23. The summed E-state index contributed by atoms with van der Waals surface area (Å²) in [7, 11) is 0. The van der Waals surface area contributed by atoms with E-state index < -0.39 is 23.8 Å². The van der Waals surface area contributed by atoms with Crippen LogP contribution in [-0.4, -0.2) is 58.6 Å². The third-order valence-electron chi connectivity index (χ3n) is 6.32. The second-order valence-electron chi connectivity index (χ2n) is 8.76. The molecule has 8 heteroatoms. The van der Waals surface area contributed by atoms with Gasteiger partial charge in [-0.05, 0) is 69.3 Å². The number of fused-ring (bicyclic) bond motifs is 1. The lowest BCUT2D eigenvalue weighted by Gasteiger charge is -2.32. The minimum absolute atomic E-state index is 0.119. The number of carbonyl (C=O) groups is 4. The zero-order chi connectivity index (χ0) is 21.4. The molecule has 1 aromatic rings. The van der Waals surface area contributed by atoms with Gasteiger partial charge in [-0.2, -0.15) is 0 Å². The molecule has 8 nitrogen and oxygen atoms in total. The zero-order valence-electron chi connectivity index (χ0n) is 17.2. The van der Waals surface area contributed by atoms with E-state index in [-0.39, 0.29) is 24.8 Å². The van der Waals surface area contributed by atoms with E-state index in [1.807, 2.05) is 13.0 Å². The molecule has 4 amide bonds. The first kappa shape index (κ1) is 20.7. The number of benzene rings is 1. The van der Waals surface area contributed by atoms with E-state index in [0.717, 1.165) is 49.4 Å². The van der Waals surface area contributed by atoms with E-state index in [2.05, 4.69) is 10.2 Å². The van der Waals surface area contributed by atoms with Gasteiger partial charge in [0, 0.05) is 19.0 Å². The summed E-state index contributed by atoms with van der Waals surface area (Å²) in [5.41, 5.74) is 7.56. The van der Waals surface area contributed by atoms with Gasteiger partial charge in [0.1, 0.15) is 6.04 Å². The molecule has 160 valence electrons. The number of imide groups is 2.